The highest BCUT2D eigenvalue weighted by molar-refractivity contribution is 7.80. The molecule has 0 saturated heterocycles. The first-order chi connectivity index (χ1) is 12.3. The van der Waals surface area contributed by atoms with Crippen molar-refractivity contribution >= 4 is 28.9 Å². The standard InChI is InChI=1S/C20H21N2O3S/c1-20(2)8-13-18(14(23)9-20)17(12(10-21)19(26)22-13)11-5-6-15(24-3)16(7-11)25-4/h5-7,17H,8-9H2,1-4H3,(H,22,26)/q-1. The summed E-state index contributed by atoms with van der Waals surface area (Å²) < 4.78 is 10.7. The molecular weight excluding hydrogens is 348 g/mol. The minimum Gasteiger partial charge on any atom is -0.763 e. The van der Waals surface area contributed by atoms with E-state index in [9.17, 15) is 10.2 Å². The molecule has 5 nitrogen and oxygen atoms in total. The number of nitrogens with one attached hydrogen (secondary N) is 1. The van der Waals surface area contributed by atoms with E-state index in [-0.39, 0.29) is 11.2 Å². The summed E-state index contributed by atoms with van der Waals surface area (Å²) >= 11 is 5.42. The lowest BCUT2D eigenvalue weighted by Crippen LogP contribution is -2.41. The fourth-order valence-corrected chi connectivity index (χ4v) is 4.03. The minimum atomic E-state index is -0.479. The van der Waals surface area contributed by atoms with Gasteiger partial charge in [0.1, 0.15) is 4.99 Å². The molecule has 1 aliphatic heterocycles. The van der Waals surface area contributed by atoms with Crippen molar-refractivity contribution in [1.82, 2.24) is 5.32 Å². The number of hydrogen-bond acceptors (Lipinski definition) is 4. The van der Waals surface area contributed by atoms with Gasteiger partial charge in [0, 0.05) is 29.2 Å². The summed E-state index contributed by atoms with van der Waals surface area (Å²) in [6, 6.07) is 5.45. The molecule has 0 bridgehead atoms. The monoisotopic (exact) mass is 369 g/mol. The van der Waals surface area contributed by atoms with Gasteiger partial charge >= 0.3 is 0 Å². The van der Waals surface area contributed by atoms with Crippen molar-refractivity contribution in [3.8, 4) is 11.5 Å². The van der Waals surface area contributed by atoms with Gasteiger partial charge < -0.3 is 20.2 Å². The van der Waals surface area contributed by atoms with Gasteiger partial charge in [-0.2, -0.15) is 0 Å². The second kappa shape index (κ2) is 6.71. The maximum Gasteiger partial charge on any atom is 0.162 e. The molecular formula is C20H21N2O3S-. The van der Waals surface area contributed by atoms with Gasteiger partial charge in [-0.3, -0.25) is 10.7 Å². The molecule has 1 N–H and O–H groups in total. The van der Waals surface area contributed by atoms with Gasteiger partial charge in [0.2, 0.25) is 0 Å². The van der Waals surface area contributed by atoms with Crippen LogP contribution in [0.5, 0.6) is 11.5 Å². The van der Waals surface area contributed by atoms with E-state index < -0.39 is 5.92 Å². The molecule has 26 heavy (non-hydrogen) atoms. The normalized spacial score (nSPS) is 21.7. The van der Waals surface area contributed by atoms with Crippen LogP contribution in [0.2, 0.25) is 0 Å². The van der Waals surface area contributed by atoms with Gasteiger partial charge in [-0.15, -0.1) is 0 Å². The molecule has 1 aromatic rings. The highest BCUT2D eigenvalue weighted by atomic mass is 32.1. The van der Waals surface area contributed by atoms with Gasteiger partial charge in [-0.25, -0.2) is 0 Å². The van der Waals surface area contributed by atoms with Crippen LogP contribution in [0.1, 0.15) is 38.2 Å². The van der Waals surface area contributed by atoms with Gasteiger partial charge in [0.25, 0.3) is 0 Å². The van der Waals surface area contributed by atoms with Crippen molar-refractivity contribution in [2.75, 3.05) is 14.2 Å². The molecule has 136 valence electrons. The van der Waals surface area contributed by atoms with Gasteiger partial charge in [-0.05, 0) is 29.5 Å². The van der Waals surface area contributed by atoms with E-state index in [0.29, 0.717) is 34.1 Å². The van der Waals surface area contributed by atoms with Crippen molar-refractivity contribution in [3.05, 3.63) is 46.0 Å². The molecule has 0 amide bonds. The van der Waals surface area contributed by atoms with E-state index in [1.54, 1.807) is 20.3 Å². The molecule has 0 spiro atoms. The molecule has 2 aliphatic rings. The van der Waals surface area contributed by atoms with Crippen LogP contribution in [-0.4, -0.2) is 30.9 Å². The Morgan fingerprint density at radius 1 is 1.23 bits per heavy atom. The van der Waals surface area contributed by atoms with Crippen LogP contribution in [0.15, 0.2) is 35.0 Å². The third-order valence-corrected chi connectivity index (χ3v) is 5.19. The average Bonchev–Trinajstić information content (AvgIpc) is 2.58. The zero-order chi connectivity index (χ0) is 19.1. The first-order valence-electron chi connectivity index (χ1n) is 8.37. The molecule has 0 radical (unpaired) electrons. The second-order valence-electron chi connectivity index (χ2n) is 7.36. The number of Topliss-reactive ketones (excluding diaryl/α,β-unsaturated/α-hetero) is 1. The predicted octanol–water partition coefficient (Wildman–Crippen LogP) is 3.53. The molecule has 1 aromatic carbocycles. The summed E-state index contributed by atoms with van der Waals surface area (Å²) in [7, 11) is 3.12. The summed E-state index contributed by atoms with van der Waals surface area (Å²) in [5.74, 6) is 2.92. The summed E-state index contributed by atoms with van der Waals surface area (Å²) in [4.78, 5) is 13.3. The lowest BCUT2D eigenvalue weighted by Gasteiger charge is -2.39. The number of thiocarbonyl (C=S) groups is 1. The Kier molecular flexibility index (Phi) is 4.74. The number of ether oxygens (including phenoxy) is 2. The lowest BCUT2D eigenvalue weighted by atomic mass is 9.69. The smallest absolute Gasteiger partial charge is 0.162 e. The zero-order valence-electron chi connectivity index (χ0n) is 15.3. The Hall–Kier alpha value is -2.43. The SMILES string of the molecule is COc1ccc(C2C(=C=[N-])C(=S)NC3=C2C(=O)CC(C)(C)C3)cc1OC. The fraction of sp³-hybridized carbons (Fsp3) is 0.400. The number of methoxy groups -OCH3 is 2. The van der Waals surface area contributed by atoms with E-state index in [4.69, 9.17) is 21.7 Å². The van der Waals surface area contributed by atoms with Crippen LogP contribution < -0.4 is 14.8 Å². The Bertz CT molecular complexity index is 879. The second-order valence-corrected chi connectivity index (χ2v) is 7.77. The van der Waals surface area contributed by atoms with Crippen LogP contribution in [-0.2, 0) is 4.79 Å². The number of carbonyl (C=O) groups is 1. The molecule has 0 saturated carbocycles. The van der Waals surface area contributed by atoms with E-state index in [1.807, 2.05) is 12.1 Å². The molecule has 1 aliphatic carbocycles. The molecule has 0 aromatic heterocycles. The number of carbonyl (C=O) groups excluding carboxylic acids is 1. The number of rotatable bonds is 3. The van der Waals surface area contributed by atoms with Gasteiger partial charge in [0.05, 0.1) is 14.2 Å². The van der Waals surface area contributed by atoms with Crippen LogP contribution in [0.25, 0.3) is 5.41 Å². The van der Waals surface area contributed by atoms with Crippen LogP contribution in [0.3, 0.4) is 0 Å². The summed E-state index contributed by atoms with van der Waals surface area (Å²) in [5.41, 5.74) is 2.52. The Morgan fingerprint density at radius 3 is 2.54 bits per heavy atom. The van der Waals surface area contributed by atoms with E-state index in [2.05, 4.69) is 25.0 Å². The van der Waals surface area contributed by atoms with Crippen molar-refractivity contribution in [2.24, 2.45) is 5.41 Å². The van der Waals surface area contributed by atoms with Crippen molar-refractivity contribution in [2.45, 2.75) is 32.6 Å². The van der Waals surface area contributed by atoms with Gasteiger partial charge in [-0.1, -0.05) is 32.1 Å². The first kappa shape index (κ1) is 18.4. The van der Waals surface area contributed by atoms with Crippen molar-refractivity contribution < 1.29 is 14.3 Å². The zero-order valence-corrected chi connectivity index (χ0v) is 16.1. The van der Waals surface area contributed by atoms with Crippen LogP contribution >= 0.6 is 12.2 Å². The number of allylic oxidation sites excluding steroid dienone is 2. The number of hydrogen-bond donors (Lipinski definition) is 1. The van der Waals surface area contributed by atoms with E-state index in [0.717, 1.165) is 17.7 Å². The maximum absolute atomic E-state index is 13.0. The highest BCUT2D eigenvalue weighted by Crippen LogP contribution is 2.46. The van der Waals surface area contributed by atoms with E-state index >= 15 is 0 Å². The molecule has 1 heterocycles. The van der Waals surface area contributed by atoms with Crippen molar-refractivity contribution in [1.29, 1.82) is 0 Å². The third-order valence-electron chi connectivity index (χ3n) is 4.87. The summed E-state index contributed by atoms with van der Waals surface area (Å²) in [5, 5.41) is 12.8. The number of ketones is 1. The quantitative estimate of drug-likeness (QED) is 0.501. The molecule has 3 rings (SSSR count). The minimum absolute atomic E-state index is 0.0544. The molecule has 1 atom stereocenters. The number of benzene rings is 1. The predicted molar refractivity (Wildman–Crippen MR) is 105 cm³/mol. The van der Waals surface area contributed by atoms with Gasteiger partial charge in [0.15, 0.2) is 17.3 Å². The fourth-order valence-electron chi connectivity index (χ4n) is 3.74. The Labute approximate surface area is 158 Å². The Balaban J connectivity index is 2.20. The van der Waals surface area contributed by atoms with Crippen LogP contribution in [0.4, 0.5) is 0 Å². The average molecular weight is 369 g/mol. The molecule has 6 heteroatoms. The molecule has 0 fully saturated rings. The Morgan fingerprint density at radius 2 is 1.92 bits per heavy atom. The van der Waals surface area contributed by atoms with E-state index in [1.165, 1.54) is 0 Å². The third kappa shape index (κ3) is 3.06. The highest BCUT2D eigenvalue weighted by Gasteiger charge is 2.41. The maximum atomic E-state index is 13.0. The largest absolute Gasteiger partial charge is 0.763 e. The summed E-state index contributed by atoms with van der Waals surface area (Å²) in [6.07, 6.45) is 1.17. The van der Waals surface area contributed by atoms with Crippen LogP contribution in [0, 0.1) is 5.41 Å². The lowest BCUT2D eigenvalue weighted by molar-refractivity contribution is -0.118. The number of nitrogens with zero attached hydrogens (tertiary/aromatic N) is 1. The summed E-state index contributed by atoms with van der Waals surface area (Å²) in [6.45, 7) is 4.13. The topological polar surface area (TPSA) is 69.9 Å². The van der Waals surface area contributed by atoms with Crippen molar-refractivity contribution in [3.63, 3.8) is 0 Å². The first-order valence-corrected chi connectivity index (χ1v) is 8.78. The molecule has 1 unspecified atom stereocenters.